The maximum atomic E-state index is 13.6. The first-order chi connectivity index (χ1) is 15.3. The molecule has 1 fully saturated rings. The highest BCUT2D eigenvalue weighted by Gasteiger charge is 2.35. The number of benzene rings is 1. The molecule has 2 amide bonds. The smallest absolute Gasteiger partial charge is 0.275 e. The van der Waals surface area contributed by atoms with E-state index in [9.17, 15) is 18.8 Å². The van der Waals surface area contributed by atoms with Gasteiger partial charge in [0.2, 0.25) is 5.91 Å². The predicted molar refractivity (Wildman–Crippen MR) is 120 cm³/mol. The maximum absolute atomic E-state index is 13.6. The molecular formula is C23H24FN5O3. The van der Waals surface area contributed by atoms with Crippen molar-refractivity contribution in [2.75, 3.05) is 24.5 Å². The fourth-order valence-electron chi connectivity index (χ4n) is 4.15. The maximum Gasteiger partial charge on any atom is 0.275 e. The topological polar surface area (TPSA) is 104 Å². The number of pyridine rings is 1. The third-order valence-corrected chi connectivity index (χ3v) is 5.72. The number of anilines is 1. The van der Waals surface area contributed by atoms with E-state index in [2.05, 4.69) is 11.6 Å². The SMILES string of the molecule is C=CCn1cc(C(=O)N2CCN(c3ccc(F)cc3)C[C@@H]2C(N)=O)c2cc(C)[nH]c2c1=O. The second-order valence-corrected chi connectivity index (χ2v) is 7.87. The minimum atomic E-state index is -0.879. The third-order valence-electron chi connectivity index (χ3n) is 5.72. The number of nitrogens with zero attached hydrogens (tertiary/aromatic N) is 3. The van der Waals surface area contributed by atoms with Crippen LogP contribution in [0.1, 0.15) is 16.1 Å². The Labute approximate surface area is 183 Å². The lowest BCUT2D eigenvalue weighted by Crippen LogP contribution is -2.60. The van der Waals surface area contributed by atoms with Crippen molar-refractivity contribution in [3.05, 3.63) is 76.6 Å². The van der Waals surface area contributed by atoms with E-state index in [4.69, 9.17) is 5.73 Å². The number of nitrogens with one attached hydrogen (secondary N) is 1. The quantitative estimate of drug-likeness (QED) is 0.594. The average Bonchev–Trinajstić information content (AvgIpc) is 3.17. The number of aromatic amines is 1. The average molecular weight is 437 g/mol. The van der Waals surface area contributed by atoms with Crippen LogP contribution >= 0.6 is 0 Å². The van der Waals surface area contributed by atoms with Gasteiger partial charge < -0.3 is 25.1 Å². The van der Waals surface area contributed by atoms with Gasteiger partial charge in [-0.2, -0.15) is 0 Å². The highest BCUT2D eigenvalue weighted by Crippen LogP contribution is 2.24. The van der Waals surface area contributed by atoms with Crippen molar-refractivity contribution < 1.29 is 14.0 Å². The summed E-state index contributed by atoms with van der Waals surface area (Å²) in [5.74, 6) is -1.37. The number of hydrogen-bond acceptors (Lipinski definition) is 4. The number of amides is 2. The number of halogens is 1. The molecule has 1 atom stereocenters. The van der Waals surface area contributed by atoms with Gasteiger partial charge in [0.1, 0.15) is 17.4 Å². The van der Waals surface area contributed by atoms with Gasteiger partial charge in [-0.3, -0.25) is 14.4 Å². The number of piperazine rings is 1. The lowest BCUT2D eigenvalue weighted by Gasteiger charge is -2.41. The van der Waals surface area contributed by atoms with Gasteiger partial charge >= 0.3 is 0 Å². The number of primary amides is 1. The first kappa shape index (κ1) is 21.4. The zero-order valence-electron chi connectivity index (χ0n) is 17.7. The molecule has 9 heteroatoms. The van der Waals surface area contributed by atoms with E-state index in [1.807, 2.05) is 4.90 Å². The van der Waals surface area contributed by atoms with Gasteiger partial charge in [-0.25, -0.2) is 4.39 Å². The Morgan fingerprint density at radius 2 is 2.00 bits per heavy atom. The van der Waals surface area contributed by atoms with Crippen LogP contribution in [0, 0.1) is 12.7 Å². The third kappa shape index (κ3) is 3.77. The minimum absolute atomic E-state index is 0.189. The highest BCUT2D eigenvalue weighted by atomic mass is 19.1. The van der Waals surface area contributed by atoms with Crippen molar-refractivity contribution in [2.24, 2.45) is 5.73 Å². The number of aromatic nitrogens is 2. The summed E-state index contributed by atoms with van der Waals surface area (Å²) in [4.78, 5) is 45.0. The molecule has 4 rings (SSSR count). The van der Waals surface area contributed by atoms with Crippen LogP contribution < -0.4 is 16.2 Å². The number of nitrogens with two attached hydrogens (primary N) is 1. The molecule has 3 aromatic rings. The van der Waals surface area contributed by atoms with Crippen LogP contribution in [0.15, 0.2) is 54.0 Å². The number of rotatable bonds is 5. The summed E-state index contributed by atoms with van der Waals surface area (Å²) < 4.78 is 14.7. The summed E-state index contributed by atoms with van der Waals surface area (Å²) in [5, 5.41) is 0.502. The molecule has 0 spiro atoms. The number of carbonyl (C=O) groups is 2. The van der Waals surface area contributed by atoms with E-state index in [0.29, 0.717) is 23.0 Å². The summed E-state index contributed by atoms with van der Waals surface area (Å²) in [6.07, 6.45) is 3.08. The Morgan fingerprint density at radius 3 is 2.66 bits per heavy atom. The standard InChI is InChI=1S/C23H24FN5O3/c1-3-8-28-12-18(17-11-14(2)26-20(17)23(28)32)22(31)29-10-9-27(13-19(29)21(25)30)16-6-4-15(24)5-7-16/h3-7,11-12,19,26H,1,8-10,13H2,2H3,(H2,25,30)/t19-/m1/s1. The molecule has 1 aliphatic rings. The molecule has 8 nitrogen and oxygen atoms in total. The van der Waals surface area contributed by atoms with E-state index in [0.717, 1.165) is 11.4 Å². The Kier molecular flexibility index (Phi) is 5.56. The van der Waals surface area contributed by atoms with Crippen LogP contribution in [-0.4, -0.2) is 51.9 Å². The number of allylic oxidation sites excluding steroid dienone is 1. The molecule has 0 unspecified atom stereocenters. The van der Waals surface area contributed by atoms with Gasteiger partial charge in [0.05, 0.1) is 5.56 Å². The highest BCUT2D eigenvalue weighted by molar-refractivity contribution is 6.07. The van der Waals surface area contributed by atoms with Crippen molar-refractivity contribution in [3.63, 3.8) is 0 Å². The van der Waals surface area contributed by atoms with Crippen molar-refractivity contribution in [3.8, 4) is 0 Å². The summed E-state index contributed by atoms with van der Waals surface area (Å²) in [6, 6.07) is 6.82. The molecule has 166 valence electrons. The molecule has 0 radical (unpaired) electrons. The van der Waals surface area contributed by atoms with Crippen LogP contribution in [0.4, 0.5) is 10.1 Å². The lowest BCUT2D eigenvalue weighted by molar-refractivity contribution is -0.122. The van der Waals surface area contributed by atoms with Crippen molar-refractivity contribution in [1.82, 2.24) is 14.5 Å². The number of H-pyrrole nitrogens is 1. The fraction of sp³-hybridized carbons (Fsp3) is 0.261. The molecule has 3 heterocycles. The molecule has 1 aliphatic heterocycles. The number of fused-ring (bicyclic) bond motifs is 1. The molecule has 0 bridgehead atoms. The van der Waals surface area contributed by atoms with Crippen LogP contribution in [0.25, 0.3) is 10.9 Å². The van der Waals surface area contributed by atoms with E-state index >= 15 is 0 Å². The summed E-state index contributed by atoms with van der Waals surface area (Å²) >= 11 is 0. The van der Waals surface area contributed by atoms with E-state index in [-0.39, 0.29) is 36.9 Å². The van der Waals surface area contributed by atoms with Crippen LogP contribution in [0.5, 0.6) is 0 Å². The van der Waals surface area contributed by atoms with E-state index < -0.39 is 11.9 Å². The number of carbonyl (C=O) groups excluding carboxylic acids is 2. The number of aryl methyl sites for hydroxylation is 1. The molecular weight excluding hydrogens is 413 g/mol. The Morgan fingerprint density at radius 1 is 1.28 bits per heavy atom. The zero-order valence-corrected chi connectivity index (χ0v) is 17.7. The first-order valence-electron chi connectivity index (χ1n) is 10.2. The van der Waals surface area contributed by atoms with Crippen molar-refractivity contribution in [1.29, 1.82) is 0 Å². The van der Waals surface area contributed by atoms with E-state index in [1.54, 1.807) is 31.2 Å². The Bertz CT molecular complexity index is 1260. The van der Waals surface area contributed by atoms with Gasteiger partial charge in [-0.15, -0.1) is 6.58 Å². The molecule has 2 aromatic heterocycles. The normalized spacial score (nSPS) is 16.4. The van der Waals surface area contributed by atoms with Crippen molar-refractivity contribution in [2.45, 2.75) is 19.5 Å². The van der Waals surface area contributed by atoms with Gasteiger partial charge in [-0.05, 0) is 37.3 Å². The van der Waals surface area contributed by atoms with Gasteiger partial charge in [0.15, 0.2) is 0 Å². The van der Waals surface area contributed by atoms with Crippen LogP contribution in [-0.2, 0) is 11.3 Å². The fourth-order valence-corrected chi connectivity index (χ4v) is 4.15. The van der Waals surface area contributed by atoms with Gasteiger partial charge in [0.25, 0.3) is 11.5 Å². The minimum Gasteiger partial charge on any atom is -0.368 e. The Hall–Kier alpha value is -3.88. The molecule has 1 aromatic carbocycles. The monoisotopic (exact) mass is 437 g/mol. The predicted octanol–water partition coefficient (Wildman–Crippen LogP) is 1.78. The second-order valence-electron chi connectivity index (χ2n) is 7.87. The van der Waals surface area contributed by atoms with Crippen LogP contribution in [0.3, 0.4) is 0 Å². The molecule has 0 aliphatic carbocycles. The zero-order chi connectivity index (χ0) is 23.0. The summed E-state index contributed by atoms with van der Waals surface area (Å²) in [7, 11) is 0. The van der Waals surface area contributed by atoms with Crippen molar-refractivity contribution >= 4 is 28.4 Å². The summed E-state index contributed by atoms with van der Waals surface area (Å²) in [5.41, 5.74) is 7.54. The molecule has 0 saturated carbocycles. The second kappa shape index (κ2) is 8.33. The van der Waals surface area contributed by atoms with Crippen LogP contribution in [0.2, 0.25) is 0 Å². The molecule has 1 saturated heterocycles. The van der Waals surface area contributed by atoms with E-state index in [1.165, 1.54) is 27.8 Å². The van der Waals surface area contributed by atoms with Gasteiger partial charge in [-0.1, -0.05) is 6.08 Å². The van der Waals surface area contributed by atoms with Gasteiger partial charge in [0, 0.05) is 49.1 Å². The largest absolute Gasteiger partial charge is 0.368 e. The lowest BCUT2D eigenvalue weighted by atomic mass is 10.1. The first-order valence-corrected chi connectivity index (χ1v) is 10.2. The molecule has 32 heavy (non-hydrogen) atoms. The molecule has 3 N–H and O–H groups in total. The number of hydrogen-bond donors (Lipinski definition) is 2. The Balaban J connectivity index is 1.71. The summed E-state index contributed by atoms with van der Waals surface area (Å²) in [6.45, 7) is 6.60.